The first-order valence-corrected chi connectivity index (χ1v) is 11.8. The molecule has 9 heteroatoms. The normalized spacial score (nSPS) is 15.1. The predicted octanol–water partition coefficient (Wildman–Crippen LogP) is 4.14. The minimum absolute atomic E-state index is 0.0412. The summed E-state index contributed by atoms with van der Waals surface area (Å²) in [5.74, 6) is -1.23. The molecule has 3 heterocycles. The van der Waals surface area contributed by atoms with Crippen LogP contribution in [0, 0.1) is 0 Å². The number of hydrogen-bond acceptors (Lipinski definition) is 7. The number of hydrogen-bond donors (Lipinski definition) is 2. The van der Waals surface area contributed by atoms with E-state index in [1.165, 1.54) is 4.57 Å². The van der Waals surface area contributed by atoms with Gasteiger partial charge in [-0.05, 0) is 47.4 Å². The number of carbonyl (C=O) groups is 1. The number of para-hydroxylation sites is 2. The SMILES string of the molecule is Cn1c(N2CCc3ccccc3C2c2cccc(C(=O)O)c2)nc(-c2nc3ccccc3o2)c(O)c1=O. The van der Waals surface area contributed by atoms with E-state index in [-0.39, 0.29) is 17.1 Å². The fraction of sp³-hybridized carbons (Fsp3) is 0.143. The van der Waals surface area contributed by atoms with Crippen molar-refractivity contribution in [3.05, 3.63) is 105 Å². The second kappa shape index (κ2) is 8.63. The third kappa shape index (κ3) is 3.72. The van der Waals surface area contributed by atoms with Crippen molar-refractivity contribution in [2.24, 2.45) is 7.05 Å². The Kier molecular flexibility index (Phi) is 5.26. The van der Waals surface area contributed by atoms with E-state index >= 15 is 0 Å². The van der Waals surface area contributed by atoms with Crippen LogP contribution >= 0.6 is 0 Å². The average molecular weight is 495 g/mol. The van der Waals surface area contributed by atoms with Crippen LogP contribution in [0.25, 0.3) is 22.7 Å². The van der Waals surface area contributed by atoms with Crippen LogP contribution in [0.2, 0.25) is 0 Å². The topological polar surface area (TPSA) is 122 Å². The Labute approximate surface area is 210 Å². The Hall–Kier alpha value is -4.92. The van der Waals surface area contributed by atoms with Gasteiger partial charge in [-0.25, -0.2) is 14.8 Å². The molecule has 9 nitrogen and oxygen atoms in total. The van der Waals surface area contributed by atoms with Crippen molar-refractivity contribution in [2.75, 3.05) is 11.4 Å². The predicted molar refractivity (Wildman–Crippen MR) is 137 cm³/mol. The molecule has 0 spiro atoms. The molecule has 0 saturated carbocycles. The number of oxazole rings is 1. The molecule has 0 radical (unpaired) electrons. The quantitative estimate of drug-likeness (QED) is 0.382. The molecule has 1 aliphatic heterocycles. The van der Waals surface area contributed by atoms with Gasteiger partial charge in [0, 0.05) is 13.6 Å². The molecule has 0 fully saturated rings. The standard InChI is InChI=1S/C28H22N4O5/c1-31-26(34)24(33)22(25-29-20-11-4-5-12-21(20)37-25)30-28(31)32-14-13-16-7-2-3-10-19(16)23(32)17-8-6-9-18(15-17)27(35)36/h2-12,15,23,33H,13-14H2,1H3,(H,35,36). The van der Waals surface area contributed by atoms with E-state index in [0.29, 0.717) is 30.0 Å². The second-order valence-electron chi connectivity index (χ2n) is 8.94. The maximum Gasteiger partial charge on any atom is 0.335 e. The third-order valence-electron chi connectivity index (χ3n) is 6.73. The van der Waals surface area contributed by atoms with Crippen LogP contribution in [0.3, 0.4) is 0 Å². The van der Waals surface area contributed by atoms with Gasteiger partial charge in [0.05, 0.1) is 11.6 Å². The number of fused-ring (bicyclic) bond motifs is 2. The van der Waals surface area contributed by atoms with Crippen LogP contribution in [0.5, 0.6) is 5.75 Å². The molecule has 6 rings (SSSR count). The summed E-state index contributed by atoms with van der Waals surface area (Å²) >= 11 is 0. The van der Waals surface area contributed by atoms with Crippen LogP contribution in [0.1, 0.15) is 33.1 Å². The van der Waals surface area contributed by atoms with Crippen molar-refractivity contribution in [1.29, 1.82) is 0 Å². The number of anilines is 1. The van der Waals surface area contributed by atoms with E-state index in [1.54, 1.807) is 43.4 Å². The monoisotopic (exact) mass is 494 g/mol. The molecular weight excluding hydrogens is 472 g/mol. The molecule has 0 bridgehead atoms. The minimum atomic E-state index is -1.02. The Balaban J connectivity index is 1.56. The Morgan fingerprint density at radius 2 is 1.81 bits per heavy atom. The van der Waals surface area contributed by atoms with E-state index < -0.39 is 23.3 Å². The van der Waals surface area contributed by atoms with E-state index in [4.69, 9.17) is 9.40 Å². The number of benzene rings is 3. The van der Waals surface area contributed by atoms with Crippen molar-refractivity contribution in [2.45, 2.75) is 12.5 Å². The zero-order valence-electron chi connectivity index (χ0n) is 19.8. The van der Waals surface area contributed by atoms with Gasteiger partial charge in [0.25, 0.3) is 11.4 Å². The highest BCUT2D eigenvalue weighted by Gasteiger charge is 2.33. The lowest BCUT2D eigenvalue weighted by atomic mass is 9.88. The number of nitrogens with zero attached hydrogens (tertiary/aromatic N) is 4. The molecule has 0 saturated heterocycles. The molecule has 1 aliphatic rings. The van der Waals surface area contributed by atoms with Crippen LogP contribution in [0.15, 0.2) is 82.0 Å². The molecule has 1 unspecified atom stereocenters. The van der Waals surface area contributed by atoms with Crippen LogP contribution in [0.4, 0.5) is 5.95 Å². The zero-order chi connectivity index (χ0) is 25.7. The summed E-state index contributed by atoms with van der Waals surface area (Å²) in [6.07, 6.45) is 0.695. The molecule has 1 atom stereocenters. The maximum atomic E-state index is 13.2. The van der Waals surface area contributed by atoms with Gasteiger partial charge >= 0.3 is 5.97 Å². The lowest BCUT2D eigenvalue weighted by Crippen LogP contribution is -2.40. The van der Waals surface area contributed by atoms with Crippen LogP contribution in [-0.2, 0) is 13.5 Å². The van der Waals surface area contributed by atoms with Gasteiger partial charge in [0.1, 0.15) is 5.52 Å². The van der Waals surface area contributed by atoms with Crippen molar-refractivity contribution in [3.8, 4) is 17.3 Å². The minimum Gasteiger partial charge on any atom is -0.501 e. The number of aromatic hydroxyl groups is 1. The van der Waals surface area contributed by atoms with Gasteiger partial charge in [0.15, 0.2) is 11.3 Å². The van der Waals surface area contributed by atoms with Crippen LogP contribution in [-0.4, -0.2) is 37.3 Å². The van der Waals surface area contributed by atoms with E-state index in [1.807, 2.05) is 41.3 Å². The molecule has 2 aromatic heterocycles. The molecule has 2 N–H and O–H groups in total. The number of rotatable bonds is 4. The fourth-order valence-corrected chi connectivity index (χ4v) is 4.94. The zero-order valence-corrected chi connectivity index (χ0v) is 19.8. The smallest absolute Gasteiger partial charge is 0.335 e. The summed E-state index contributed by atoms with van der Waals surface area (Å²) in [5, 5.41) is 20.3. The average Bonchev–Trinajstić information content (AvgIpc) is 3.35. The summed E-state index contributed by atoms with van der Waals surface area (Å²) in [6.45, 7) is 0.511. The first kappa shape index (κ1) is 22.5. The molecule has 37 heavy (non-hydrogen) atoms. The highest BCUT2D eigenvalue weighted by atomic mass is 16.4. The first-order valence-electron chi connectivity index (χ1n) is 11.8. The third-order valence-corrected chi connectivity index (χ3v) is 6.73. The van der Waals surface area contributed by atoms with E-state index in [2.05, 4.69) is 4.98 Å². The summed E-state index contributed by atoms with van der Waals surface area (Å²) in [7, 11) is 1.55. The molecular formula is C28H22N4O5. The van der Waals surface area contributed by atoms with Crippen molar-refractivity contribution in [3.63, 3.8) is 0 Å². The lowest BCUT2D eigenvalue weighted by Gasteiger charge is -2.39. The Bertz CT molecular complexity index is 1710. The van der Waals surface area contributed by atoms with Gasteiger partial charge in [-0.3, -0.25) is 9.36 Å². The summed E-state index contributed by atoms with van der Waals surface area (Å²) in [5.41, 5.74) is 3.44. The highest BCUT2D eigenvalue weighted by molar-refractivity contribution is 5.88. The van der Waals surface area contributed by atoms with Gasteiger partial charge in [-0.2, -0.15) is 0 Å². The lowest BCUT2D eigenvalue weighted by molar-refractivity contribution is 0.0696. The Morgan fingerprint density at radius 1 is 1.03 bits per heavy atom. The number of carboxylic acids is 1. The van der Waals surface area contributed by atoms with E-state index in [0.717, 1.165) is 16.7 Å². The molecule has 184 valence electrons. The largest absolute Gasteiger partial charge is 0.501 e. The summed E-state index contributed by atoms with van der Waals surface area (Å²) < 4.78 is 7.11. The Morgan fingerprint density at radius 3 is 2.62 bits per heavy atom. The highest BCUT2D eigenvalue weighted by Crippen LogP contribution is 2.39. The molecule has 0 aliphatic carbocycles. The first-order chi connectivity index (χ1) is 17.9. The van der Waals surface area contributed by atoms with Crippen molar-refractivity contribution >= 4 is 23.0 Å². The van der Waals surface area contributed by atoms with Crippen LogP contribution < -0.4 is 10.5 Å². The van der Waals surface area contributed by atoms with Gasteiger partial charge in [-0.1, -0.05) is 48.5 Å². The number of aromatic carboxylic acids is 1. The number of aromatic nitrogens is 3. The summed E-state index contributed by atoms with van der Waals surface area (Å²) in [6, 6.07) is 21.5. The van der Waals surface area contributed by atoms with Crippen molar-refractivity contribution in [1.82, 2.24) is 14.5 Å². The summed E-state index contributed by atoms with van der Waals surface area (Å²) in [4.78, 5) is 36.0. The molecule has 0 amide bonds. The van der Waals surface area contributed by atoms with E-state index in [9.17, 15) is 19.8 Å². The second-order valence-corrected chi connectivity index (χ2v) is 8.94. The van der Waals surface area contributed by atoms with Crippen molar-refractivity contribution < 1.29 is 19.4 Å². The molecule has 3 aromatic carbocycles. The maximum absolute atomic E-state index is 13.2. The van der Waals surface area contributed by atoms with Gasteiger partial charge in [-0.15, -0.1) is 0 Å². The number of carboxylic acid groups (broad SMARTS) is 1. The fourth-order valence-electron chi connectivity index (χ4n) is 4.94. The van der Waals surface area contributed by atoms with Gasteiger partial charge in [0.2, 0.25) is 11.7 Å². The molecule has 5 aromatic rings. The van der Waals surface area contributed by atoms with Gasteiger partial charge < -0.3 is 19.5 Å².